The summed E-state index contributed by atoms with van der Waals surface area (Å²) in [6, 6.07) is -0.848. The molecule has 9 nitrogen and oxygen atoms in total. The molecule has 0 saturated carbocycles. The van der Waals surface area contributed by atoms with Crippen molar-refractivity contribution < 1.29 is 37.3 Å². The minimum Gasteiger partial charge on any atom is -0.456 e. The smallest absolute Gasteiger partial charge is 0.456 e. The monoisotopic (exact) mass is 1080 g/mol. The van der Waals surface area contributed by atoms with E-state index >= 15 is 0 Å². The van der Waals surface area contributed by atoms with Gasteiger partial charge in [0.2, 0.25) is 5.91 Å². The number of carbonyl (C=O) groups excluding carboxylic acids is 2. The molecule has 0 aromatic rings. The number of rotatable bonds is 59. The van der Waals surface area contributed by atoms with Crippen molar-refractivity contribution in [3.63, 3.8) is 0 Å². The fourth-order valence-corrected chi connectivity index (χ4v) is 10.3. The summed E-state index contributed by atoms with van der Waals surface area (Å²) in [5.74, 6) is -0.498. The first-order chi connectivity index (χ1) is 36.4. The van der Waals surface area contributed by atoms with Crippen LogP contribution in [0.25, 0.3) is 0 Å². The van der Waals surface area contributed by atoms with Crippen LogP contribution in [0.4, 0.5) is 0 Å². The molecular formula is C65H126N2O7P+. The summed E-state index contributed by atoms with van der Waals surface area (Å²) in [5.41, 5.74) is 0. The highest BCUT2D eigenvalue weighted by Gasteiger charge is 2.30. The van der Waals surface area contributed by atoms with Crippen LogP contribution in [0, 0.1) is 0 Å². The highest BCUT2D eigenvalue weighted by Crippen LogP contribution is 2.43. The summed E-state index contributed by atoms with van der Waals surface area (Å²) in [6.07, 6.45) is 67.1. The van der Waals surface area contributed by atoms with E-state index in [-0.39, 0.29) is 25.1 Å². The molecule has 0 spiro atoms. The van der Waals surface area contributed by atoms with Crippen LogP contribution in [0.2, 0.25) is 0 Å². The van der Waals surface area contributed by atoms with Crippen molar-refractivity contribution in [2.45, 2.75) is 328 Å². The number of carbonyl (C=O) groups is 2. The van der Waals surface area contributed by atoms with Crippen molar-refractivity contribution >= 4 is 19.7 Å². The third kappa shape index (κ3) is 56.8. The topological polar surface area (TPSA) is 111 Å². The summed E-state index contributed by atoms with van der Waals surface area (Å²) in [7, 11) is 1.50. The van der Waals surface area contributed by atoms with Gasteiger partial charge in [0.1, 0.15) is 19.3 Å². The van der Waals surface area contributed by atoms with E-state index < -0.39 is 20.0 Å². The molecule has 0 aliphatic rings. The Balaban J connectivity index is 5.20. The zero-order valence-electron chi connectivity index (χ0n) is 50.6. The van der Waals surface area contributed by atoms with Crippen molar-refractivity contribution in [3.8, 4) is 0 Å². The van der Waals surface area contributed by atoms with Gasteiger partial charge in [-0.25, -0.2) is 4.57 Å². The van der Waals surface area contributed by atoms with Crippen LogP contribution >= 0.6 is 7.82 Å². The van der Waals surface area contributed by atoms with E-state index in [0.717, 1.165) is 64.2 Å². The number of hydrogen-bond donors (Lipinski definition) is 2. The minimum absolute atomic E-state index is 0.0412. The molecule has 0 fully saturated rings. The van der Waals surface area contributed by atoms with E-state index in [2.05, 4.69) is 50.4 Å². The van der Waals surface area contributed by atoms with Gasteiger partial charge in [0, 0.05) is 12.8 Å². The molecule has 0 aliphatic heterocycles. The molecule has 3 unspecified atom stereocenters. The van der Waals surface area contributed by atoms with Crippen molar-refractivity contribution in [2.75, 3.05) is 40.9 Å². The largest absolute Gasteiger partial charge is 0.472 e. The average Bonchev–Trinajstić information content (AvgIpc) is 3.37. The minimum atomic E-state index is -4.45. The summed E-state index contributed by atoms with van der Waals surface area (Å²) < 4.78 is 30.7. The standard InChI is InChI=1S/C65H125N2O7P/c1-7-10-13-16-19-22-25-28-30-31-32-33-34-35-37-40-43-46-49-52-55-58-65(69)74-63(56-53-50-47-44-41-38-27-24-21-18-15-12-9-3)62(61-73-75(70,71)72-60-59-67(4,5)6)66-64(68)57-54-51-48-45-42-39-36-29-26-23-20-17-14-11-8-2/h23,26,28,30,53,56,62-63H,7-22,24-25,27,29,31-52,54-55,57-61H2,1-6H3,(H-,66,68,70,71)/p+1/b26-23-,30-28+,56-53-. The van der Waals surface area contributed by atoms with Crippen molar-refractivity contribution in [1.29, 1.82) is 0 Å². The summed E-state index contributed by atoms with van der Waals surface area (Å²) in [6.45, 7) is 7.03. The number of hydrogen-bond acceptors (Lipinski definition) is 6. The predicted molar refractivity (Wildman–Crippen MR) is 323 cm³/mol. The molecule has 0 bridgehead atoms. The number of nitrogens with one attached hydrogen (secondary N) is 1. The Morgan fingerprint density at radius 1 is 0.453 bits per heavy atom. The highest BCUT2D eigenvalue weighted by atomic mass is 31.2. The zero-order valence-corrected chi connectivity index (χ0v) is 51.5. The van der Waals surface area contributed by atoms with E-state index in [1.807, 2.05) is 33.3 Å². The molecule has 75 heavy (non-hydrogen) atoms. The highest BCUT2D eigenvalue weighted by molar-refractivity contribution is 7.47. The van der Waals surface area contributed by atoms with E-state index in [1.165, 1.54) is 218 Å². The van der Waals surface area contributed by atoms with Gasteiger partial charge in [0.05, 0.1) is 33.8 Å². The van der Waals surface area contributed by atoms with Crippen LogP contribution < -0.4 is 5.32 Å². The van der Waals surface area contributed by atoms with Gasteiger partial charge < -0.3 is 19.4 Å². The number of ether oxygens (including phenoxy) is 1. The number of likely N-dealkylation sites (N-methyl/N-ethyl adjacent to an activating group) is 1. The molecule has 10 heteroatoms. The van der Waals surface area contributed by atoms with Gasteiger partial charge in [-0.05, 0) is 83.1 Å². The fraction of sp³-hybridized carbons (Fsp3) is 0.877. The zero-order chi connectivity index (χ0) is 55.0. The normalized spacial score (nSPS) is 13.9. The molecule has 3 atom stereocenters. The molecule has 0 aromatic carbocycles. The summed E-state index contributed by atoms with van der Waals surface area (Å²) in [5, 5.41) is 3.06. The number of allylic oxidation sites excluding steroid dienone is 5. The van der Waals surface area contributed by atoms with Crippen LogP contribution in [0.15, 0.2) is 36.5 Å². The summed E-state index contributed by atoms with van der Waals surface area (Å²) >= 11 is 0. The van der Waals surface area contributed by atoms with Crippen molar-refractivity contribution in [3.05, 3.63) is 36.5 Å². The lowest BCUT2D eigenvalue weighted by Gasteiger charge is -2.27. The molecule has 2 N–H and O–H groups in total. The van der Waals surface area contributed by atoms with Crippen LogP contribution in [-0.4, -0.2) is 74.3 Å². The van der Waals surface area contributed by atoms with Crippen LogP contribution in [-0.2, 0) is 27.9 Å². The lowest BCUT2D eigenvalue weighted by atomic mass is 10.0. The molecule has 0 saturated heterocycles. The number of quaternary nitrogens is 1. The Morgan fingerprint density at radius 2 is 0.773 bits per heavy atom. The number of nitrogens with zero attached hydrogens (tertiary/aromatic N) is 1. The van der Waals surface area contributed by atoms with Gasteiger partial charge in [-0.3, -0.25) is 18.6 Å². The van der Waals surface area contributed by atoms with Crippen molar-refractivity contribution in [2.24, 2.45) is 0 Å². The van der Waals surface area contributed by atoms with E-state index in [4.69, 9.17) is 13.8 Å². The maximum atomic E-state index is 13.5. The molecule has 0 rings (SSSR count). The lowest BCUT2D eigenvalue weighted by molar-refractivity contribution is -0.870. The molecular weight excluding hydrogens is 952 g/mol. The lowest BCUT2D eigenvalue weighted by Crippen LogP contribution is -2.47. The Morgan fingerprint density at radius 3 is 1.15 bits per heavy atom. The molecule has 442 valence electrons. The molecule has 1 amide bonds. The van der Waals surface area contributed by atoms with Gasteiger partial charge >= 0.3 is 13.8 Å². The second-order valence-electron chi connectivity index (χ2n) is 23.3. The number of amides is 1. The van der Waals surface area contributed by atoms with Gasteiger partial charge in [0.15, 0.2) is 0 Å². The van der Waals surface area contributed by atoms with Gasteiger partial charge in [-0.15, -0.1) is 0 Å². The predicted octanol–water partition coefficient (Wildman–Crippen LogP) is 19.9. The van der Waals surface area contributed by atoms with Gasteiger partial charge in [-0.1, -0.05) is 257 Å². The maximum absolute atomic E-state index is 13.5. The van der Waals surface area contributed by atoms with E-state index in [0.29, 0.717) is 23.9 Å². The first-order valence-electron chi connectivity index (χ1n) is 32.3. The van der Waals surface area contributed by atoms with Crippen LogP contribution in [0.3, 0.4) is 0 Å². The molecule has 0 radical (unpaired) electrons. The van der Waals surface area contributed by atoms with E-state index in [1.54, 1.807) is 0 Å². The number of esters is 1. The van der Waals surface area contributed by atoms with Crippen LogP contribution in [0.1, 0.15) is 316 Å². The average molecular weight is 1080 g/mol. The van der Waals surface area contributed by atoms with Crippen LogP contribution in [0.5, 0.6) is 0 Å². The third-order valence-corrected chi connectivity index (χ3v) is 15.5. The Labute approximate surface area is 466 Å². The Kier molecular flexibility index (Phi) is 54.2. The molecule has 0 aromatic heterocycles. The number of phosphoric ester groups is 1. The number of unbranched alkanes of at least 4 members (excludes halogenated alkanes) is 39. The quantitative estimate of drug-likeness (QED) is 0.0205. The third-order valence-electron chi connectivity index (χ3n) is 14.6. The van der Waals surface area contributed by atoms with Crippen molar-refractivity contribution in [1.82, 2.24) is 5.32 Å². The molecule has 0 heterocycles. The second kappa shape index (κ2) is 55.5. The van der Waals surface area contributed by atoms with Gasteiger partial charge in [0.25, 0.3) is 0 Å². The van der Waals surface area contributed by atoms with Gasteiger partial charge in [-0.2, -0.15) is 0 Å². The number of phosphoric acid groups is 1. The van der Waals surface area contributed by atoms with E-state index in [9.17, 15) is 19.0 Å². The Hall–Kier alpha value is -1.77. The SMILES string of the molecule is CCCCCC/C=C\CCCCCCCCCC(=O)NC(COP(=O)(O)OCC[N+](C)(C)C)C(/C=C\CCCCCCCCCCCCC)OC(=O)CCCCCCCCCCCCC/C=C/CCCCCCCC. The second-order valence-corrected chi connectivity index (χ2v) is 24.7. The summed E-state index contributed by atoms with van der Waals surface area (Å²) in [4.78, 5) is 37.7. The molecule has 0 aliphatic carbocycles. The fourth-order valence-electron chi connectivity index (χ4n) is 9.52. The first-order valence-corrected chi connectivity index (χ1v) is 33.8. The maximum Gasteiger partial charge on any atom is 0.472 e. The Bertz CT molecular complexity index is 1380. The first kappa shape index (κ1) is 73.2.